The van der Waals surface area contributed by atoms with Crippen LogP contribution in [0.3, 0.4) is 0 Å². The van der Waals surface area contributed by atoms with Gasteiger partial charge in [-0.3, -0.25) is 9.48 Å². The van der Waals surface area contributed by atoms with Crippen molar-refractivity contribution in [2.24, 2.45) is 18.4 Å². The van der Waals surface area contributed by atoms with Crippen LogP contribution in [0.1, 0.15) is 51.5 Å². The number of hydrogen-bond donors (Lipinski definition) is 1. The Hall–Kier alpha value is -1.83. The first-order chi connectivity index (χ1) is 9.48. The maximum Gasteiger partial charge on any atom is 0.231 e. The lowest BCUT2D eigenvalue weighted by Gasteiger charge is -2.29. The molecule has 0 spiro atoms. The fourth-order valence-electron chi connectivity index (χ4n) is 3.26. The third-order valence-corrected chi connectivity index (χ3v) is 4.13. The standard InChI is InChI=1S/C15H22N4O/c1-11(2)8-15(6-4-5-7-15)14(20)18-13-12(9-16)10-17-19(13)3/h10-11H,4-8H2,1-3H3,(H,18,20). The monoisotopic (exact) mass is 274 g/mol. The minimum atomic E-state index is -0.273. The Morgan fingerprint density at radius 3 is 2.75 bits per heavy atom. The number of nitrogens with zero attached hydrogens (tertiary/aromatic N) is 3. The topological polar surface area (TPSA) is 70.7 Å². The molecule has 0 aliphatic heterocycles. The second kappa shape index (κ2) is 5.66. The molecule has 5 nitrogen and oxygen atoms in total. The molecule has 1 amide bonds. The summed E-state index contributed by atoms with van der Waals surface area (Å²) in [4.78, 5) is 12.7. The van der Waals surface area contributed by atoms with E-state index in [4.69, 9.17) is 5.26 Å². The van der Waals surface area contributed by atoms with E-state index < -0.39 is 0 Å². The van der Waals surface area contributed by atoms with Gasteiger partial charge in [0, 0.05) is 12.5 Å². The molecule has 0 unspecified atom stereocenters. The molecule has 1 N–H and O–H groups in total. The molecule has 2 rings (SSSR count). The van der Waals surface area contributed by atoms with Gasteiger partial charge >= 0.3 is 0 Å². The van der Waals surface area contributed by atoms with Crippen molar-refractivity contribution in [3.8, 4) is 6.07 Å². The van der Waals surface area contributed by atoms with Crippen molar-refractivity contribution in [2.45, 2.75) is 46.0 Å². The molecule has 0 aromatic carbocycles. The van der Waals surface area contributed by atoms with E-state index in [9.17, 15) is 4.79 Å². The van der Waals surface area contributed by atoms with Gasteiger partial charge in [-0.25, -0.2) is 0 Å². The summed E-state index contributed by atoms with van der Waals surface area (Å²) in [5.74, 6) is 1.04. The Morgan fingerprint density at radius 1 is 1.55 bits per heavy atom. The SMILES string of the molecule is CC(C)CC1(C(=O)Nc2c(C#N)cnn2C)CCCC1. The molecule has 20 heavy (non-hydrogen) atoms. The Bertz CT molecular complexity index is 533. The smallest absolute Gasteiger partial charge is 0.231 e. The van der Waals surface area contributed by atoms with Crippen molar-refractivity contribution in [3.63, 3.8) is 0 Å². The van der Waals surface area contributed by atoms with Gasteiger partial charge in [-0.15, -0.1) is 0 Å². The summed E-state index contributed by atoms with van der Waals surface area (Å²) in [5.41, 5.74) is 0.143. The Morgan fingerprint density at radius 2 is 2.20 bits per heavy atom. The summed E-state index contributed by atoms with van der Waals surface area (Å²) in [6, 6.07) is 2.07. The highest BCUT2D eigenvalue weighted by atomic mass is 16.2. The van der Waals surface area contributed by atoms with Crippen LogP contribution in [0.25, 0.3) is 0 Å². The minimum absolute atomic E-state index is 0.0452. The summed E-state index contributed by atoms with van der Waals surface area (Å²) in [6.45, 7) is 4.30. The highest BCUT2D eigenvalue weighted by molar-refractivity contribution is 5.95. The summed E-state index contributed by atoms with van der Waals surface area (Å²) >= 11 is 0. The number of carbonyl (C=O) groups excluding carboxylic acids is 1. The summed E-state index contributed by atoms with van der Waals surface area (Å²) in [5, 5.41) is 16.0. The van der Waals surface area contributed by atoms with Crippen molar-refractivity contribution in [1.29, 1.82) is 5.26 Å². The second-order valence-electron chi connectivity index (χ2n) is 6.18. The number of carbonyl (C=O) groups is 1. The molecule has 108 valence electrons. The third kappa shape index (κ3) is 2.69. The maximum absolute atomic E-state index is 12.7. The highest BCUT2D eigenvalue weighted by Crippen LogP contribution is 2.44. The Kier molecular flexibility index (Phi) is 4.12. The van der Waals surface area contributed by atoms with Crippen LogP contribution in [0, 0.1) is 22.7 Å². The molecule has 0 atom stereocenters. The van der Waals surface area contributed by atoms with E-state index >= 15 is 0 Å². The van der Waals surface area contributed by atoms with E-state index in [0.29, 0.717) is 17.3 Å². The molecule has 1 aromatic heterocycles. The predicted octanol–water partition coefficient (Wildman–Crippen LogP) is 2.84. The van der Waals surface area contributed by atoms with Crippen LogP contribution in [0.5, 0.6) is 0 Å². The van der Waals surface area contributed by atoms with Gasteiger partial charge in [-0.05, 0) is 25.2 Å². The van der Waals surface area contributed by atoms with Crippen molar-refractivity contribution in [3.05, 3.63) is 11.8 Å². The van der Waals surface area contributed by atoms with Crippen molar-refractivity contribution >= 4 is 11.7 Å². The number of nitrogens with one attached hydrogen (secondary N) is 1. The third-order valence-electron chi connectivity index (χ3n) is 4.13. The van der Waals surface area contributed by atoms with E-state index in [1.165, 1.54) is 6.20 Å². The van der Waals surface area contributed by atoms with Gasteiger partial charge in [0.25, 0.3) is 0 Å². The first-order valence-electron chi connectivity index (χ1n) is 7.22. The minimum Gasteiger partial charge on any atom is -0.309 e. The predicted molar refractivity (Wildman–Crippen MR) is 76.9 cm³/mol. The van der Waals surface area contributed by atoms with Crippen molar-refractivity contribution in [1.82, 2.24) is 9.78 Å². The molecule has 1 fully saturated rings. The second-order valence-corrected chi connectivity index (χ2v) is 6.18. The number of hydrogen-bond acceptors (Lipinski definition) is 3. The molecular weight excluding hydrogens is 252 g/mol. The average molecular weight is 274 g/mol. The number of aryl methyl sites for hydroxylation is 1. The molecule has 1 aliphatic rings. The zero-order chi connectivity index (χ0) is 14.8. The molecular formula is C15H22N4O. The summed E-state index contributed by atoms with van der Waals surface area (Å²) in [7, 11) is 1.74. The van der Waals surface area contributed by atoms with Crippen LogP contribution in [0.15, 0.2) is 6.20 Å². The van der Waals surface area contributed by atoms with Gasteiger partial charge in [0.1, 0.15) is 17.5 Å². The van der Waals surface area contributed by atoms with Gasteiger partial charge < -0.3 is 5.32 Å². The Labute approximate surface area is 120 Å². The van der Waals surface area contributed by atoms with Gasteiger partial charge in [0.05, 0.1) is 6.20 Å². The van der Waals surface area contributed by atoms with Gasteiger partial charge in [0.15, 0.2) is 0 Å². The Balaban J connectivity index is 2.21. The molecule has 0 radical (unpaired) electrons. The lowest BCUT2D eigenvalue weighted by Crippen LogP contribution is -2.35. The quantitative estimate of drug-likeness (QED) is 0.917. The number of amides is 1. The largest absolute Gasteiger partial charge is 0.309 e. The molecule has 1 heterocycles. The lowest BCUT2D eigenvalue weighted by molar-refractivity contribution is -0.126. The van der Waals surface area contributed by atoms with Crippen LogP contribution < -0.4 is 5.32 Å². The number of aromatic nitrogens is 2. The van der Waals surface area contributed by atoms with Gasteiger partial charge in [-0.2, -0.15) is 10.4 Å². The normalized spacial score (nSPS) is 17.1. The fraction of sp³-hybridized carbons (Fsp3) is 0.667. The molecule has 1 saturated carbocycles. The first kappa shape index (κ1) is 14.6. The zero-order valence-corrected chi connectivity index (χ0v) is 12.4. The van der Waals surface area contributed by atoms with E-state index in [-0.39, 0.29) is 11.3 Å². The summed E-state index contributed by atoms with van der Waals surface area (Å²) in [6.07, 6.45) is 6.48. The van der Waals surface area contributed by atoms with Crippen LogP contribution in [0.2, 0.25) is 0 Å². The van der Waals surface area contributed by atoms with E-state index in [1.807, 2.05) is 0 Å². The number of rotatable bonds is 4. The molecule has 0 bridgehead atoms. The number of anilines is 1. The van der Waals surface area contributed by atoms with E-state index in [0.717, 1.165) is 32.1 Å². The maximum atomic E-state index is 12.7. The number of nitriles is 1. The van der Waals surface area contributed by atoms with Gasteiger partial charge in [0.2, 0.25) is 5.91 Å². The van der Waals surface area contributed by atoms with Crippen LogP contribution >= 0.6 is 0 Å². The lowest BCUT2D eigenvalue weighted by atomic mass is 9.77. The van der Waals surface area contributed by atoms with Gasteiger partial charge in [-0.1, -0.05) is 26.7 Å². The van der Waals surface area contributed by atoms with Crippen LogP contribution in [-0.4, -0.2) is 15.7 Å². The van der Waals surface area contributed by atoms with E-state index in [1.54, 1.807) is 11.7 Å². The highest BCUT2D eigenvalue weighted by Gasteiger charge is 2.41. The molecule has 0 saturated heterocycles. The van der Waals surface area contributed by atoms with Crippen molar-refractivity contribution < 1.29 is 4.79 Å². The van der Waals surface area contributed by atoms with E-state index in [2.05, 4.69) is 30.3 Å². The van der Waals surface area contributed by atoms with Crippen LogP contribution in [-0.2, 0) is 11.8 Å². The fourth-order valence-corrected chi connectivity index (χ4v) is 3.26. The van der Waals surface area contributed by atoms with Crippen LogP contribution in [0.4, 0.5) is 5.82 Å². The molecule has 5 heteroatoms. The molecule has 1 aliphatic carbocycles. The van der Waals surface area contributed by atoms with Crippen molar-refractivity contribution in [2.75, 3.05) is 5.32 Å². The molecule has 1 aromatic rings. The first-order valence-corrected chi connectivity index (χ1v) is 7.22. The summed E-state index contributed by atoms with van der Waals surface area (Å²) < 4.78 is 1.55. The zero-order valence-electron chi connectivity index (χ0n) is 12.4. The average Bonchev–Trinajstić information content (AvgIpc) is 2.98.